The predicted octanol–water partition coefficient (Wildman–Crippen LogP) is 18.4. The van der Waals surface area contributed by atoms with E-state index in [2.05, 4.69) is 323 Å². The monoisotopic (exact) mass is 1010 g/mol. The quantitative estimate of drug-likeness (QED) is 0.134. The van der Waals surface area contributed by atoms with E-state index in [0.717, 1.165) is 56.9 Å². The lowest BCUT2D eigenvalue weighted by molar-refractivity contribution is 0.590. The summed E-state index contributed by atoms with van der Waals surface area (Å²) in [6, 6.07) is 94.7. The number of hydrogen-bond donors (Lipinski definition) is 0. The molecule has 0 spiro atoms. The molecule has 2 heterocycles. The van der Waals surface area contributed by atoms with Crippen molar-refractivity contribution in [2.24, 2.45) is 0 Å². The molecule has 0 saturated carbocycles. The maximum Gasteiger partial charge on any atom is 0.252 e. The molecular formula is C73H63BN4. The molecule has 0 unspecified atom stereocenters. The van der Waals surface area contributed by atoms with Gasteiger partial charge in [-0.1, -0.05) is 181 Å². The van der Waals surface area contributed by atoms with Crippen molar-refractivity contribution in [3.63, 3.8) is 0 Å². The average Bonchev–Trinajstić information content (AvgIpc) is 2.95. The van der Waals surface area contributed by atoms with Gasteiger partial charge in [-0.05, 0) is 182 Å². The Kier molecular flexibility index (Phi) is 12.0. The van der Waals surface area contributed by atoms with Crippen molar-refractivity contribution >= 4 is 102 Å². The van der Waals surface area contributed by atoms with Crippen LogP contribution in [0.2, 0.25) is 0 Å². The molecule has 0 aliphatic carbocycles. The van der Waals surface area contributed by atoms with E-state index in [1.165, 1.54) is 66.4 Å². The second-order valence-corrected chi connectivity index (χ2v) is 23.2. The molecule has 0 bridgehead atoms. The van der Waals surface area contributed by atoms with Gasteiger partial charge in [0.2, 0.25) is 0 Å². The van der Waals surface area contributed by atoms with Crippen LogP contribution in [0.1, 0.15) is 58.2 Å². The Morgan fingerprint density at radius 2 is 0.782 bits per heavy atom. The van der Waals surface area contributed by atoms with Crippen LogP contribution in [0.25, 0.3) is 21.9 Å². The number of rotatable bonds is 9. The number of fused-ring (bicyclic) bond motifs is 5. The van der Waals surface area contributed by atoms with Crippen molar-refractivity contribution in [3.8, 4) is 11.1 Å². The molecule has 4 nitrogen and oxygen atoms in total. The lowest BCUT2D eigenvalue weighted by Crippen LogP contribution is -2.61. The first-order valence-corrected chi connectivity index (χ1v) is 27.4. The van der Waals surface area contributed by atoms with Crippen molar-refractivity contribution in [2.75, 3.05) is 19.6 Å². The number of anilines is 12. The second-order valence-electron chi connectivity index (χ2n) is 23.2. The molecule has 0 atom stereocenters. The van der Waals surface area contributed by atoms with Gasteiger partial charge in [-0.2, -0.15) is 0 Å². The summed E-state index contributed by atoms with van der Waals surface area (Å²) in [7, 11) is 0. The van der Waals surface area contributed by atoms with E-state index in [4.69, 9.17) is 0 Å². The molecule has 378 valence electrons. The third kappa shape index (κ3) is 8.60. The topological polar surface area (TPSA) is 13.0 Å². The largest absolute Gasteiger partial charge is 0.311 e. The van der Waals surface area contributed by atoms with E-state index < -0.39 is 0 Å². The van der Waals surface area contributed by atoms with Gasteiger partial charge < -0.3 is 19.6 Å². The Balaban J connectivity index is 1.12. The fraction of sp³-hybridized carbons (Fsp3) is 0.123. The Hall–Kier alpha value is -9.06. The fourth-order valence-electron chi connectivity index (χ4n) is 12.0. The third-order valence-corrected chi connectivity index (χ3v) is 15.9. The highest BCUT2D eigenvalue weighted by Crippen LogP contribution is 2.50. The zero-order valence-corrected chi connectivity index (χ0v) is 45.6. The van der Waals surface area contributed by atoms with Crippen molar-refractivity contribution in [2.45, 2.75) is 59.3 Å². The molecule has 0 aromatic heterocycles. The molecule has 0 radical (unpaired) electrons. The Morgan fingerprint density at radius 1 is 0.333 bits per heavy atom. The molecule has 0 fully saturated rings. The SMILES string of the molecule is Cc1cc2c3c(c1)N(c1ccc(C(C)(C)C)cc1-c1ccc4ccccc4c1)c1cc(N(c4ccccc4)c4ccccc4)ccc1B3c1ccc(N(c3ccccc3)c3ccccc3)cc1N2c1ccc(C(C)(C)C)cc1. The van der Waals surface area contributed by atoms with Crippen LogP contribution in [-0.2, 0) is 10.8 Å². The predicted molar refractivity (Wildman–Crippen MR) is 335 cm³/mol. The molecule has 2 aliphatic rings. The van der Waals surface area contributed by atoms with E-state index in [1.807, 2.05) is 0 Å². The minimum Gasteiger partial charge on any atom is -0.311 e. The molecular weight excluding hydrogens is 944 g/mol. The number of aryl methyl sites for hydroxylation is 1. The number of hydrogen-bond acceptors (Lipinski definition) is 4. The summed E-state index contributed by atoms with van der Waals surface area (Å²) < 4.78 is 0. The van der Waals surface area contributed by atoms with Gasteiger partial charge in [-0.25, -0.2) is 0 Å². The normalized spacial score (nSPS) is 12.7. The van der Waals surface area contributed by atoms with E-state index in [9.17, 15) is 0 Å². The number of benzene rings is 11. The Labute approximate surface area is 461 Å². The van der Waals surface area contributed by atoms with Crippen molar-refractivity contribution in [1.82, 2.24) is 0 Å². The first-order valence-electron chi connectivity index (χ1n) is 27.4. The maximum atomic E-state index is 2.61. The van der Waals surface area contributed by atoms with Gasteiger partial charge in [0, 0.05) is 68.1 Å². The van der Waals surface area contributed by atoms with Crippen LogP contribution in [0.3, 0.4) is 0 Å². The summed E-state index contributed by atoms with van der Waals surface area (Å²) >= 11 is 0. The zero-order chi connectivity index (χ0) is 53.3. The molecule has 13 rings (SSSR count). The number of nitrogens with zero attached hydrogens (tertiary/aromatic N) is 4. The van der Waals surface area contributed by atoms with E-state index in [0.29, 0.717) is 0 Å². The molecule has 78 heavy (non-hydrogen) atoms. The zero-order valence-electron chi connectivity index (χ0n) is 45.6. The van der Waals surface area contributed by atoms with Gasteiger partial charge in [0.1, 0.15) is 0 Å². The average molecular weight is 1010 g/mol. The smallest absolute Gasteiger partial charge is 0.252 e. The molecule has 11 aromatic carbocycles. The first-order chi connectivity index (χ1) is 37.9. The van der Waals surface area contributed by atoms with Gasteiger partial charge in [-0.15, -0.1) is 0 Å². The third-order valence-electron chi connectivity index (χ3n) is 15.9. The van der Waals surface area contributed by atoms with Gasteiger partial charge in [0.25, 0.3) is 6.71 Å². The summed E-state index contributed by atoms with van der Waals surface area (Å²) in [6.07, 6.45) is 0. The lowest BCUT2D eigenvalue weighted by atomic mass is 9.33. The first kappa shape index (κ1) is 48.6. The minimum absolute atomic E-state index is 0.00405. The summed E-state index contributed by atoms with van der Waals surface area (Å²) in [5.74, 6) is 0. The van der Waals surface area contributed by atoms with Crippen LogP contribution < -0.4 is 36.0 Å². The van der Waals surface area contributed by atoms with E-state index in [1.54, 1.807) is 0 Å². The van der Waals surface area contributed by atoms with Gasteiger partial charge in [0.05, 0.1) is 5.69 Å². The number of para-hydroxylation sites is 4. The fourth-order valence-corrected chi connectivity index (χ4v) is 12.0. The summed E-state index contributed by atoms with van der Waals surface area (Å²) in [5.41, 5.74) is 23.4. The van der Waals surface area contributed by atoms with E-state index in [-0.39, 0.29) is 17.5 Å². The molecule has 2 aliphatic heterocycles. The second kappa shape index (κ2) is 19.2. The molecule has 0 N–H and O–H groups in total. The van der Waals surface area contributed by atoms with Crippen LogP contribution in [-0.4, -0.2) is 6.71 Å². The summed E-state index contributed by atoms with van der Waals surface area (Å²) in [6.45, 7) is 16.0. The van der Waals surface area contributed by atoms with Crippen LogP contribution in [0.4, 0.5) is 68.2 Å². The lowest BCUT2D eigenvalue weighted by Gasteiger charge is -2.45. The van der Waals surface area contributed by atoms with Crippen molar-refractivity contribution in [1.29, 1.82) is 0 Å². The van der Waals surface area contributed by atoms with Crippen molar-refractivity contribution in [3.05, 3.63) is 271 Å². The van der Waals surface area contributed by atoms with Crippen LogP contribution >= 0.6 is 0 Å². The molecule has 11 aromatic rings. The molecule has 5 heteroatoms. The minimum atomic E-state index is -0.105. The van der Waals surface area contributed by atoms with Crippen LogP contribution in [0.5, 0.6) is 0 Å². The van der Waals surface area contributed by atoms with Gasteiger partial charge in [-0.3, -0.25) is 0 Å². The highest BCUT2D eigenvalue weighted by atomic mass is 15.2. The molecule has 0 amide bonds. The van der Waals surface area contributed by atoms with Crippen molar-refractivity contribution < 1.29 is 0 Å². The standard InChI is InChI=1S/C73H63BN4/c1-50-44-69-71-70(45-50)78(66-43-36-55(73(5,6)7)47-63(66)53-33-32-51-22-20-21-23-52(51)46-53)68-49-62(76(58-28-16-10-17-29-58)59-30-18-11-19-31-59)40-42-65(68)74(71)64-41-39-61(75(56-24-12-8-13-25-56)57-26-14-9-15-27-57)48-67(64)77(69)60-37-34-54(35-38-60)72(2,3)4/h8-49H,1-7H3. The Bertz CT molecular complexity index is 3930. The van der Waals surface area contributed by atoms with E-state index >= 15 is 0 Å². The van der Waals surface area contributed by atoms with Crippen LogP contribution in [0, 0.1) is 6.92 Å². The van der Waals surface area contributed by atoms with Gasteiger partial charge >= 0.3 is 0 Å². The highest BCUT2D eigenvalue weighted by Gasteiger charge is 2.44. The molecule has 0 saturated heterocycles. The Morgan fingerprint density at radius 3 is 1.28 bits per heavy atom. The summed E-state index contributed by atoms with van der Waals surface area (Å²) in [4.78, 5) is 9.95. The summed E-state index contributed by atoms with van der Waals surface area (Å²) in [5, 5.41) is 2.45. The van der Waals surface area contributed by atoms with Crippen LogP contribution in [0.15, 0.2) is 255 Å². The maximum absolute atomic E-state index is 2.61. The highest BCUT2D eigenvalue weighted by molar-refractivity contribution is 7.00. The van der Waals surface area contributed by atoms with Gasteiger partial charge in [0.15, 0.2) is 0 Å².